The fraction of sp³-hybridized carbons (Fsp3) is 0.231. The van der Waals surface area contributed by atoms with Gasteiger partial charge in [0.2, 0.25) is 0 Å². The van der Waals surface area contributed by atoms with Crippen molar-refractivity contribution in [2.75, 3.05) is 0 Å². The summed E-state index contributed by atoms with van der Waals surface area (Å²) in [5, 5.41) is 4.17. The number of nitrogens with one attached hydrogen (secondary N) is 1. The Bertz CT molecular complexity index is 993. The Morgan fingerprint density at radius 3 is 2.30 bits per heavy atom. The minimum atomic E-state index is -0.208. The molecule has 0 bridgehead atoms. The number of nitrogens with zero attached hydrogens (tertiary/aromatic N) is 1. The highest BCUT2D eigenvalue weighted by Crippen LogP contribution is 2.30. The number of para-hydroxylation sites is 1. The van der Waals surface area contributed by atoms with Crippen LogP contribution >= 0.6 is 0 Å². The highest BCUT2D eigenvalue weighted by Gasteiger charge is 2.08. The van der Waals surface area contributed by atoms with Crippen LogP contribution in [0.1, 0.15) is 43.1 Å². The van der Waals surface area contributed by atoms with Crippen LogP contribution in [0.5, 0.6) is 5.75 Å². The Kier molecular flexibility index (Phi) is 7.39. The molecule has 0 saturated heterocycles. The van der Waals surface area contributed by atoms with Crippen molar-refractivity contribution in [3.8, 4) is 16.9 Å². The lowest BCUT2D eigenvalue weighted by molar-refractivity contribution is 0.0954. The molecule has 0 saturated carbocycles. The van der Waals surface area contributed by atoms with Crippen LogP contribution in [0.3, 0.4) is 0 Å². The number of carbonyl (C=O) groups excluding carboxylic acids is 1. The zero-order chi connectivity index (χ0) is 21.3. The fourth-order valence-electron chi connectivity index (χ4n) is 3.21. The summed E-state index contributed by atoms with van der Waals surface area (Å²) in [6.07, 6.45) is 0.862. The maximum atomic E-state index is 12.3. The first-order chi connectivity index (χ1) is 14.5. The molecule has 0 heterocycles. The second-order valence-electron chi connectivity index (χ2n) is 7.73. The van der Waals surface area contributed by atoms with E-state index in [-0.39, 0.29) is 5.91 Å². The highest BCUT2D eigenvalue weighted by molar-refractivity contribution is 5.95. The zero-order valence-electron chi connectivity index (χ0n) is 17.8. The van der Waals surface area contributed by atoms with E-state index < -0.39 is 0 Å². The highest BCUT2D eigenvalue weighted by atomic mass is 16.5. The van der Waals surface area contributed by atoms with Gasteiger partial charge in [0, 0.05) is 16.8 Å². The second kappa shape index (κ2) is 10.4. The van der Waals surface area contributed by atoms with Gasteiger partial charge in [0.15, 0.2) is 0 Å². The van der Waals surface area contributed by atoms with Crippen LogP contribution in [-0.4, -0.2) is 11.6 Å². The molecule has 1 amide bonds. The number of hydrazone groups is 1. The normalized spacial score (nSPS) is 11.4. The van der Waals surface area contributed by atoms with E-state index in [0.29, 0.717) is 18.1 Å². The number of carbonyl (C=O) groups is 1. The molecule has 0 aromatic heterocycles. The minimum absolute atomic E-state index is 0.208. The Morgan fingerprint density at radius 1 is 0.933 bits per heavy atom. The van der Waals surface area contributed by atoms with Crippen LogP contribution < -0.4 is 10.2 Å². The van der Waals surface area contributed by atoms with Crippen LogP contribution in [0.4, 0.5) is 0 Å². The molecule has 0 aliphatic rings. The van der Waals surface area contributed by atoms with Gasteiger partial charge in [0.05, 0.1) is 0 Å². The van der Waals surface area contributed by atoms with Gasteiger partial charge in [-0.2, -0.15) is 5.10 Å². The van der Waals surface area contributed by atoms with Crippen LogP contribution in [-0.2, 0) is 6.61 Å². The molecule has 154 valence electrons. The average molecular weight is 401 g/mol. The largest absolute Gasteiger partial charge is 0.488 e. The summed E-state index contributed by atoms with van der Waals surface area (Å²) < 4.78 is 6.07. The molecule has 0 unspecified atom stereocenters. The molecule has 0 spiro atoms. The Morgan fingerprint density at radius 2 is 1.60 bits per heavy atom. The Labute approximate surface area is 178 Å². The van der Waals surface area contributed by atoms with Gasteiger partial charge in [0.1, 0.15) is 12.4 Å². The number of hydrogen-bond donors (Lipinski definition) is 1. The summed E-state index contributed by atoms with van der Waals surface area (Å²) in [7, 11) is 0. The first-order valence-electron chi connectivity index (χ1n) is 10.2. The van der Waals surface area contributed by atoms with Gasteiger partial charge in [0.25, 0.3) is 5.91 Å². The van der Waals surface area contributed by atoms with Crippen molar-refractivity contribution in [1.82, 2.24) is 5.43 Å². The molecule has 30 heavy (non-hydrogen) atoms. The van der Waals surface area contributed by atoms with E-state index in [1.165, 1.54) is 0 Å². The van der Waals surface area contributed by atoms with Crippen LogP contribution in [0.2, 0.25) is 0 Å². The summed E-state index contributed by atoms with van der Waals surface area (Å²) in [5.74, 6) is 1.14. The topological polar surface area (TPSA) is 50.7 Å². The summed E-state index contributed by atoms with van der Waals surface area (Å²) in [4.78, 5) is 12.3. The van der Waals surface area contributed by atoms with E-state index in [9.17, 15) is 4.79 Å². The summed E-state index contributed by atoms with van der Waals surface area (Å²) >= 11 is 0. The molecule has 0 atom stereocenters. The molecule has 4 nitrogen and oxygen atoms in total. The maximum Gasteiger partial charge on any atom is 0.271 e. The second-order valence-corrected chi connectivity index (χ2v) is 7.73. The third kappa shape index (κ3) is 6.05. The van der Waals surface area contributed by atoms with E-state index in [4.69, 9.17) is 4.74 Å². The molecule has 4 heteroatoms. The van der Waals surface area contributed by atoms with Crippen molar-refractivity contribution in [3.63, 3.8) is 0 Å². The van der Waals surface area contributed by atoms with E-state index in [0.717, 1.165) is 34.6 Å². The molecular formula is C26H28N2O2. The van der Waals surface area contributed by atoms with E-state index >= 15 is 0 Å². The Balaban J connectivity index is 1.61. The average Bonchev–Trinajstić information content (AvgIpc) is 2.77. The molecule has 3 aromatic carbocycles. The number of amides is 1. The van der Waals surface area contributed by atoms with Crippen molar-refractivity contribution in [3.05, 3.63) is 90.0 Å². The van der Waals surface area contributed by atoms with E-state index in [2.05, 4.69) is 42.6 Å². The van der Waals surface area contributed by atoms with Crippen LogP contribution in [0.25, 0.3) is 11.1 Å². The van der Waals surface area contributed by atoms with Crippen molar-refractivity contribution < 1.29 is 9.53 Å². The fourth-order valence-corrected chi connectivity index (χ4v) is 3.21. The van der Waals surface area contributed by atoms with Gasteiger partial charge in [-0.15, -0.1) is 0 Å². The van der Waals surface area contributed by atoms with Crippen LogP contribution in [0, 0.1) is 5.92 Å². The van der Waals surface area contributed by atoms with Gasteiger partial charge in [-0.3, -0.25) is 4.79 Å². The van der Waals surface area contributed by atoms with Gasteiger partial charge < -0.3 is 4.74 Å². The van der Waals surface area contributed by atoms with Crippen molar-refractivity contribution in [1.29, 1.82) is 0 Å². The molecule has 0 aliphatic carbocycles. The quantitative estimate of drug-likeness (QED) is 0.368. The molecule has 0 radical (unpaired) electrons. The summed E-state index contributed by atoms with van der Waals surface area (Å²) in [6.45, 7) is 6.60. The molecule has 1 N–H and O–H groups in total. The first kappa shape index (κ1) is 21.3. The van der Waals surface area contributed by atoms with Crippen molar-refractivity contribution in [2.24, 2.45) is 11.0 Å². The third-order valence-corrected chi connectivity index (χ3v) is 4.63. The van der Waals surface area contributed by atoms with E-state index in [1.54, 1.807) is 12.1 Å². The van der Waals surface area contributed by atoms with Crippen molar-refractivity contribution in [2.45, 2.75) is 33.8 Å². The molecule has 0 fully saturated rings. The first-order valence-corrected chi connectivity index (χ1v) is 10.2. The SMILES string of the molecule is CC(CC(C)C)=NNC(=O)c1ccc(COc2ccccc2-c2ccccc2)cc1. The van der Waals surface area contributed by atoms with Gasteiger partial charge in [-0.05, 0) is 48.6 Å². The third-order valence-electron chi connectivity index (χ3n) is 4.63. The standard InChI is InChI=1S/C26H28N2O2/c1-19(2)17-20(3)27-28-26(29)23-15-13-21(14-16-23)18-30-25-12-8-7-11-24(25)22-9-5-4-6-10-22/h4-16,19H,17-18H2,1-3H3,(H,28,29). The number of hydrogen-bond acceptors (Lipinski definition) is 3. The lowest BCUT2D eigenvalue weighted by atomic mass is 10.0. The van der Waals surface area contributed by atoms with Gasteiger partial charge >= 0.3 is 0 Å². The number of rotatable bonds is 8. The summed E-state index contributed by atoms with van der Waals surface area (Å²) in [6, 6.07) is 25.6. The smallest absolute Gasteiger partial charge is 0.271 e. The molecule has 0 aliphatic heterocycles. The molecule has 3 rings (SSSR count). The van der Waals surface area contributed by atoms with Gasteiger partial charge in [-0.1, -0.05) is 74.5 Å². The molecule has 3 aromatic rings. The predicted molar refractivity (Wildman–Crippen MR) is 123 cm³/mol. The maximum absolute atomic E-state index is 12.3. The van der Waals surface area contributed by atoms with E-state index in [1.807, 2.05) is 55.5 Å². The minimum Gasteiger partial charge on any atom is -0.488 e. The van der Waals surface area contributed by atoms with Crippen LogP contribution in [0.15, 0.2) is 84.0 Å². The predicted octanol–water partition coefficient (Wildman–Crippen LogP) is 6.08. The summed E-state index contributed by atoms with van der Waals surface area (Å²) in [5.41, 5.74) is 7.29. The lowest BCUT2D eigenvalue weighted by Gasteiger charge is -2.12. The zero-order valence-corrected chi connectivity index (χ0v) is 17.8. The van der Waals surface area contributed by atoms with Crippen molar-refractivity contribution >= 4 is 11.6 Å². The lowest BCUT2D eigenvalue weighted by Crippen LogP contribution is -2.19. The monoisotopic (exact) mass is 400 g/mol. The Hall–Kier alpha value is -3.40. The number of benzene rings is 3. The molecular weight excluding hydrogens is 372 g/mol. The van der Waals surface area contributed by atoms with Gasteiger partial charge in [-0.25, -0.2) is 5.43 Å². The number of ether oxygens (including phenoxy) is 1.